The molecule has 0 aliphatic rings. The van der Waals surface area contributed by atoms with Crippen LogP contribution in [0.1, 0.15) is 10.4 Å². The summed E-state index contributed by atoms with van der Waals surface area (Å²) in [7, 11) is 0. The van der Waals surface area contributed by atoms with Crippen LogP contribution in [0.15, 0.2) is 24.3 Å². The van der Waals surface area contributed by atoms with Crippen molar-refractivity contribution >= 4 is 75.6 Å². The van der Waals surface area contributed by atoms with Gasteiger partial charge in [0.25, 0.3) is 5.91 Å². The summed E-state index contributed by atoms with van der Waals surface area (Å²) >= 11 is 29.7. The quantitative estimate of drug-likeness (QED) is 0.461. The molecular formula is C15H8Cl5NO4. The van der Waals surface area contributed by atoms with Gasteiger partial charge in [-0.15, -0.1) is 0 Å². The van der Waals surface area contributed by atoms with Gasteiger partial charge in [-0.05, 0) is 18.2 Å². The van der Waals surface area contributed by atoms with Gasteiger partial charge in [-0.3, -0.25) is 4.79 Å². The van der Waals surface area contributed by atoms with Gasteiger partial charge < -0.3 is 15.2 Å². The Kier molecular flexibility index (Phi) is 6.65. The molecule has 0 atom stereocenters. The van der Waals surface area contributed by atoms with E-state index in [1.165, 1.54) is 24.3 Å². The number of nitrogens with one attached hydrogen (secondary N) is 1. The van der Waals surface area contributed by atoms with Crippen LogP contribution >= 0.6 is 58.0 Å². The van der Waals surface area contributed by atoms with Gasteiger partial charge in [0.05, 0.1) is 20.6 Å². The Morgan fingerprint density at radius 2 is 1.52 bits per heavy atom. The van der Waals surface area contributed by atoms with E-state index in [0.717, 1.165) is 0 Å². The Bertz CT molecular complexity index is 827. The number of ether oxygens (including phenoxy) is 1. The monoisotopic (exact) mass is 441 g/mol. The zero-order valence-corrected chi connectivity index (χ0v) is 15.9. The van der Waals surface area contributed by atoms with Crippen molar-refractivity contribution in [3.8, 4) is 5.75 Å². The number of rotatable bonds is 5. The maximum Gasteiger partial charge on any atom is 0.335 e. The lowest BCUT2D eigenvalue weighted by Gasteiger charge is -2.13. The smallest absolute Gasteiger partial charge is 0.335 e. The highest BCUT2D eigenvalue weighted by Crippen LogP contribution is 2.48. The SMILES string of the molecule is O=C(COc1c(Cl)c(Cl)c(Cl)c(Cl)c1Cl)Nc1cccc(C(=O)O)c1. The fourth-order valence-electron chi connectivity index (χ4n) is 1.78. The Labute approximate surface area is 167 Å². The van der Waals surface area contributed by atoms with Gasteiger partial charge in [0.15, 0.2) is 12.4 Å². The zero-order valence-electron chi connectivity index (χ0n) is 12.1. The molecule has 0 aliphatic heterocycles. The predicted octanol–water partition coefficient (Wildman–Crippen LogP) is 5.67. The van der Waals surface area contributed by atoms with Crippen molar-refractivity contribution < 1.29 is 19.4 Å². The third-order valence-electron chi connectivity index (χ3n) is 2.91. The van der Waals surface area contributed by atoms with Crippen molar-refractivity contribution in [2.45, 2.75) is 0 Å². The summed E-state index contributed by atoms with van der Waals surface area (Å²) in [5, 5.41) is 11.1. The van der Waals surface area contributed by atoms with E-state index in [2.05, 4.69) is 5.32 Å². The van der Waals surface area contributed by atoms with Crippen molar-refractivity contribution in [3.05, 3.63) is 54.9 Å². The number of amides is 1. The molecule has 0 unspecified atom stereocenters. The summed E-state index contributed by atoms with van der Waals surface area (Å²) in [5.74, 6) is -1.77. The van der Waals surface area contributed by atoms with Crippen LogP contribution in [-0.4, -0.2) is 23.6 Å². The van der Waals surface area contributed by atoms with Crippen molar-refractivity contribution in [1.82, 2.24) is 0 Å². The first-order valence-corrected chi connectivity index (χ1v) is 8.38. The molecule has 0 heterocycles. The summed E-state index contributed by atoms with van der Waals surface area (Å²) in [5.41, 5.74) is 0.318. The number of benzene rings is 2. The second kappa shape index (κ2) is 8.34. The first kappa shape index (κ1) is 19.9. The van der Waals surface area contributed by atoms with E-state index in [1.807, 2.05) is 0 Å². The normalized spacial score (nSPS) is 10.4. The number of carboxylic acid groups (broad SMARTS) is 1. The molecular weight excluding hydrogens is 435 g/mol. The van der Waals surface area contributed by atoms with Gasteiger partial charge in [0.2, 0.25) is 0 Å². The van der Waals surface area contributed by atoms with E-state index in [0.29, 0.717) is 0 Å². The van der Waals surface area contributed by atoms with Gasteiger partial charge in [0.1, 0.15) is 10.0 Å². The van der Waals surface area contributed by atoms with Gasteiger partial charge >= 0.3 is 5.97 Å². The Balaban J connectivity index is 2.11. The molecule has 0 radical (unpaired) electrons. The van der Waals surface area contributed by atoms with Crippen LogP contribution in [0.5, 0.6) is 5.75 Å². The van der Waals surface area contributed by atoms with Crippen LogP contribution in [0, 0.1) is 0 Å². The van der Waals surface area contributed by atoms with E-state index < -0.39 is 18.5 Å². The van der Waals surface area contributed by atoms with Crippen LogP contribution < -0.4 is 10.1 Å². The van der Waals surface area contributed by atoms with Gasteiger partial charge in [-0.25, -0.2) is 4.79 Å². The molecule has 0 saturated heterocycles. The maximum atomic E-state index is 12.0. The molecule has 1 amide bonds. The number of anilines is 1. The molecule has 2 rings (SSSR count). The minimum atomic E-state index is -1.11. The summed E-state index contributed by atoms with van der Waals surface area (Å²) in [6.07, 6.45) is 0. The molecule has 25 heavy (non-hydrogen) atoms. The second-order valence-electron chi connectivity index (χ2n) is 4.62. The Morgan fingerprint density at radius 1 is 0.960 bits per heavy atom. The number of hydrogen-bond donors (Lipinski definition) is 2. The van der Waals surface area contributed by atoms with Crippen LogP contribution in [0.2, 0.25) is 25.1 Å². The molecule has 0 saturated carbocycles. The molecule has 2 aromatic carbocycles. The Hall–Kier alpha value is -1.37. The number of hydrogen-bond acceptors (Lipinski definition) is 3. The topological polar surface area (TPSA) is 75.6 Å². The highest BCUT2D eigenvalue weighted by atomic mass is 35.5. The van der Waals surface area contributed by atoms with Crippen LogP contribution in [-0.2, 0) is 4.79 Å². The lowest BCUT2D eigenvalue weighted by Crippen LogP contribution is -2.20. The summed E-state index contributed by atoms with van der Waals surface area (Å²) in [6, 6.07) is 5.72. The highest BCUT2D eigenvalue weighted by molar-refractivity contribution is 6.55. The van der Waals surface area contributed by atoms with E-state index in [1.54, 1.807) is 0 Å². The molecule has 0 bridgehead atoms. The summed E-state index contributed by atoms with van der Waals surface area (Å²) < 4.78 is 5.28. The minimum absolute atomic E-state index is 0.0272. The number of halogens is 5. The van der Waals surface area contributed by atoms with E-state index in [-0.39, 0.29) is 42.1 Å². The van der Waals surface area contributed by atoms with Crippen molar-refractivity contribution in [2.75, 3.05) is 11.9 Å². The molecule has 0 aliphatic carbocycles. The fraction of sp³-hybridized carbons (Fsp3) is 0.0667. The first-order valence-electron chi connectivity index (χ1n) is 6.49. The van der Waals surface area contributed by atoms with Gasteiger partial charge in [-0.2, -0.15) is 0 Å². The lowest BCUT2D eigenvalue weighted by atomic mass is 10.2. The molecule has 0 aromatic heterocycles. The number of aromatic carboxylic acids is 1. The molecule has 2 aromatic rings. The van der Waals surface area contributed by atoms with Gasteiger partial charge in [-0.1, -0.05) is 64.1 Å². The predicted molar refractivity (Wildman–Crippen MR) is 99.0 cm³/mol. The summed E-state index contributed by atoms with van der Waals surface area (Å²) in [4.78, 5) is 22.9. The molecule has 132 valence electrons. The van der Waals surface area contributed by atoms with Crippen LogP contribution in [0.4, 0.5) is 5.69 Å². The number of carbonyl (C=O) groups is 2. The molecule has 0 spiro atoms. The third kappa shape index (κ3) is 4.63. The standard InChI is InChI=1S/C15H8Cl5NO4/c16-9-10(17)12(19)14(13(20)11(9)18)25-5-8(22)21-7-3-1-2-6(4-7)15(23)24/h1-4H,5H2,(H,21,22)(H,23,24). The largest absolute Gasteiger partial charge is 0.481 e. The van der Waals surface area contributed by atoms with Crippen molar-refractivity contribution in [2.24, 2.45) is 0 Å². The van der Waals surface area contributed by atoms with Crippen molar-refractivity contribution in [3.63, 3.8) is 0 Å². The van der Waals surface area contributed by atoms with E-state index >= 15 is 0 Å². The molecule has 2 N–H and O–H groups in total. The van der Waals surface area contributed by atoms with Gasteiger partial charge in [0, 0.05) is 5.69 Å². The molecule has 0 fully saturated rings. The summed E-state index contributed by atoms with van der Waals surface area (Å²) in [6.45, 7) is -0.467. The first-order chi connectivity index (χ1) is 11.7. The lowest BCUT2D eigenvalue weighted by molar-refractivity contribution is -0.118. The minimum Gasteiger partial charge on any atom is -0.481 e. The molecule has 5 nitrogen and oxygen atoms in total. The maximum absolute atomic E-state index is 12.0. The van der Waals surface area contributed by atoms with E-state index in [4.69, 9.17) is 67.8 Å². The average Bonchev–Trinajstić information content (AvgIpc) is 2.58. The second-order valence-corrected chi connectivity index (χ2v) is 6.51. The van der Waals surface area contributed by atoms with Crippen molar-refractivity contribution in [1.29, 1.82) is 0 Å². The van der Waals surface area contributed by atoms with Crippen LogP contribution in [0.3, 0.4) is 0 Å². The number of carboxylic acids is 1. The van der Waals surface area contributed by atoms with E-state index in [9.17, 15) is 9.59 Å². The van der Waals surface area contributed by atoms with Crippen LogP contribution in [0.25, 0.3) is 0 Å². The zero-order chi connectivity index (χ0) is 18.7. The fourth-order valence-corrected chi connectivity index (χ4v) is 3.01. The highest BCUT2D eigenvalue weighted by Gasteiger charge is 2.21. The Morgan fingerprint density at radius 3 is 2.08 bits per heavy atom. The third-order valence-corrected chi connectivity index (χ3v) is 5.15. The molecule has 10 heteroatoms. The average molecular weight is 443 g/mol. The number of carbonyl (C=O) groups excluding carboxylic acids is 1.